The Morgan fingerprint density at radius 2 is 2.17 bits per heavy atom. The summed E-state index contributed by atoms with van der Waals surface area (Å²) in [4.78, 5) is 1.37. The quantitative estimate of drug-likeness (QED) is 0.576. The minimum Gasteiger partial charge on any atom is -0.383 e. The van der Waals surface area contributed by atoms with Gasteiger partial charge in [0, 0.05) is 35.3 Å². The molecule has 1 aromatic rings. The third-order valence-electron chi connectivity index (χ3n) is 2.39. The van der Waals surface area contributed by atoms with E-state index in [1.54, 1.807) is 7.11 Å². The zero-order chi connectivity index (χ0) is 13.4. The van der Waals surface area contributed by atoms with Crippen molar-refractivity contribution in [3.05, 3.63) is 28.2 Å². The van der Waals surface area contributed by atoms with Crippen LogP contribution in [0.15, 0.2) is 27.6 Å². The van der Waals surface area contributed by atoms with Crippen LogP contribution in [0.5, 0.6) is 0 Å². The van der Waals surface area contributed by atoms with Gasteiger partial charge in [0.05, 0.1) is 6.61 Å². The Bertz CT molecular complexity index is 358. The number of rotatable bonds is 8. The standard InChI is InChI=1S/C14H22BrNOS/c1-11(2)10-18-14-5-4-13(15)8-12(14)9-16-6-7-17-3/h4-5,8,11,16H,6-7,9-10H2,1-3H3. The van der Waals surface area contributed by atoms with Gasteiger partial charge in [-0.05, 0) is 29.7 Å². The summed E-state index contributed by atoms with van der Waals surface area (Å²) in [5.41, 5.74) is 1.35. The molecule has 0 aliphatic heterocycles. The van der Waals surface area contributed by atoms with Crippen molar-refractivity contribution in [2.45, 2.75) is 25.3 Å². The summed E-state index contributed by atoms with van der Waals surface area (Å²) in [7, 11) is 1.73. The van der Waals surface area contributed by atoms with Gasteiger partial charge in [-0.1, -0.05) is 29.8 Å². The van der Waals surface area contributed by atoms with Crippen LogP contribution < -0.4 is 5.32 Å². The fourth-order valence-corrected chi connectivity index (χ4v) is 2.88. The lowest BCUT2D eigenvalue weighted by atomic mass is 10.2. The number of hydrogen-bond donors (Lipinski definition) is 1. The molecule has 0 radical (unpaired) electrons. The van der Waals surface area contributed by atoms with Crippen LogP contribution in [-0.2, 0) is 11.3 Å². The van der Waals surface area contributed by atoms with Gasteiger partial charge in [0.25, 0.3) is 0 Å². The van der Waals surface area contributed by atoms with Crippen LogP contribution in [0.1, 0.15) is 19.4 Å². The number of benzene rings is 1. The summed E-state index contributed by atoms with van der Waals surface area (Å²) in [6, 6.07) is 6.51. The molecule has 1 rings (SSSR count). The first-order chi connectivity index (χ1) is 8.63. The maximum atomic E-state index is 5.04. The van der Waals surface area contributed by atoms with E-state index in [2.05, 4.69) is 53.3 Å². The van der Waals surface area contributed by atoms with Gasteiger partial charge >= 0.3 is 0 Å². The van der Waals surface area contributed by atoms with E-state index in [0.717, 1.165) is 29.9 Å². The van der Waals surface area contributed by atoms with E-state index in [-0.39, 0.29) is 0 Å². The van der Waals surface area contributed by atoms with Crippen molar-refractivity contribution in [1.29, 1.82) is 0 Å². The zero-order valence-corrected chi connectivity index (χ0v) is 13.7. The lowest BCUT2D eigenvalue weighted by molar-refractivity contribution is 0.199. The second-order valence-corrected chi connectivity index (χ2v) is 6.60. The molecule has 0 saturated heterocycles. The Kier molecular flexibility index (Phi) is 7.98. The molecule has 0 heterocycles. The highest BCUT2D eigenvalue weighted by molar-refractivity contribution is 9.10. The molecule has 0 aliphatic carbocycles. The fourth-order valence-electron chi connectivity index (χ4n) is 1.48. The Hall–Kier alpha value is -0.0300. The summed E-state index contributed by atoms with van der Waals surface area (Å²) in [5.74, 6) is 1.88. The van der Waals surface area contributed by atoms with Gasteiger partial charge in [-0.25, -0.2) is 0 Å². The van der Waals surface area contributed by atoms with Crippen LogP contribution in [0.4, 0.5) is 0 Å². The van der Waals surface area contributed by atoms with Crippen molar-refractivity contribution in [3.8, 4) is 0 Å². The molecule has 0 saturated carbocycles. The fraction of sp³-hybridized carbons (Fsp3) is 0.571. The van der Waals surface area contributed by atoms with Crippen molar-refractivity contribution in [3.63, 3.8) is 0 Å². The van der Waals surface area contributed by atoms with E-state index in [9.17, 15) is 0 Å². The molecule has 0 aromatic heterocycles. The first-order valence-corrected chi connectivity index (χ1v) is 8.02. The third-order valence-corrected chi connectivity index (χ3v) is 4.43. The maximum Gasteiger partial charge on any atom is 0.0587 e. The summed E-state index contributed by atoms with van der Waals surface area (Å²) >= 11 is 5.47. The first-order valence-electron chi connectivity index (χ1n) is 6.24. The number of ether oxygens (including phenoxy) is 1. The van der Waals surface area contributed by atoms with Gasteiger partial charge in [-0.3, -0.25) is 0 Å². The molecule has 0 fully saturated rings. The monoisotopic (exact) mass is 331 g/mol. The smallest absolute Gasteiger partial charge is 0.0587 e. The lowest BCUT2D eigenvalue weighted by Crippen LogP contribution is -2.19. The molecule has 4 heteroatoms. The Morgan fingerprint density at radius 1 is 1.39 bits per heavy atom. The highest BCUT2D eigenvalue weighted by atomic mass is 79.9. The van der Waals surface area contributed by atoms with Crippen LogP contribution in [-0.4, -0.2) is 26.0 Å². The topological polar surface area (TPSA) is 21.3 Å². The van der Waals surface area contributed by atoms with Gasteiger partial charge in [-0.15, -0.1) is 11.8 Å². The van der Waals surface area contributed by atoms with E-state index in [0.29, 0.717) is 5.92 Å². The van der Waals surface area contributed by atoms with E-state index in [4.69, 9.17) is 4.74 Å². The van der Waals surface area contributed by atoms with E-state index in [1.165, 1.54) is 10.5 Å². The van der Waals surface area contributed by atoms with Crippen molar-refractivity contribution >= 4 is 27.7 Å². The molecule has 1 N–H and O–H groups in total. The SMILES string of the molecule is COCCNCc1cc(Br)ccc1SCC(C)C. The van der Waals surface area contributed by atoms with Crippen LogP contribution in [0.3, 0.4) is 0 Å². The molecule has 102 valence electrons. The summed E-state index contributed by atoms with van der Waals surface area (Å²) in [6.07, 6.45) is 0. The first kappa shape index (κ1) is 16.0. The highest BCUT2D eigenvalue weighted by Gasteiger charge is 2.05. The Balaban J connectivity index is 2.58. The van der Waals surface area contributed by atoms with E-state index in [1.807, 2.05) is 11.8 Å². The third kappa shape index (κ3) is 6.23. The van der Waals surface area contributed by atoms with Crippen LogP contribution in [0.2, 0.25) is 0 Å². The number of hydrogen-bond acceptors (Lipinski definition) is 3. The lowest BCUT2D eigenvalue weighted by Gasteiger charge is -2.12. The van der Waals surface area contributed by atoms with Crippen molar-refractivity contribution < 1.29 is 4.74 Å². The molecule has 0 bridgehead atoms. The average molecular weight is 332 g/mol. The molecule has 0 atom stereocenters. The number of nitrogens with one attached hydrogen (secondary N) is 1. The van der Waals surface area contributed by atoms with Crippen molar-refractivity contribution in [1.82, 2.24) is 5.32 Å². The Labute approximate surface area is 123 Å². The van der Waals surface area contributed by atoms with Gasteiger partial charge in [0.2, 0.25) is 0 Å². The molecular weight excluding hydrogens is 310 g/mol. The van der Waals surface area contributed by atoms with Crippen LogP contribution in [0.25, 0.3) is 0 Å². The minimum absolute atomic E-state index is 0.716. The Morgan fingerprint density at radius 3 is 2.83 bits per heavy atom. The van der Waals surface area contributed by atoms with E-state index >= 15 is 0 Å². The molecule has 0 spiro atoms. The molecule has 1 aromatic carbocycles. The molecular formula is C14H22BrNOS. The van der Waals surface area contributed by atoms with E-state index < -0.39 is 0 Å². The largest absolute Gasteiger partial charge is 0.383 e. The second kappa shape index (κ2) is 8.97. The van der Waals surface area contributed by atoms with Gasteiger partial charge < -0.3 is 10.1 Å². The van der Waals surface area contributed by atoms with Gasteiger partial charge in [0.15, 0.2) is 0 Å². The highest BCUT2D eigenvalue weighted by Crippen LogP contribution is 2.27. The number of methoxy groups -OCH3 is 1. The number of thioether (sulfide) groups is 1. The summed E-state index contributed by atoms with van der Waals surface area (Å²) in [6.45, 7) is 7.04. The molecule has 0 unspecified atom stereocenters. The molecule has 0 amide bonds. The van der Waals surface area contributed by atoms with Gasteiger partial charge in [-0.2, -0.15) is 0 Å². The van der Waals surface area contributed by atoms with Crippen LogP contribution in [0, 0.1) is 5.92 Å². The number of halogens is 1. The molecule has 0 aliphatic rings. The van der Waals surface area contributed by atoms with Crippen LogP contribution >= 0.6 is 27.7 Å². The molecule has 18 heavy (non-hydrogen) atoms. The average Bonchev–Trinajstić information content (AvgIpc) is 2.33. The van der Waals surface area contributed by atoms with Gasteiger partial charge in [0.1, 0.15) is 0 Å². The van der Waals surface area contributed by atoms with Crippen molar-refractivity contribution in [2.75, 3.05) is 26.0 Å². The van der Waals surface area contributed by atoms with Crippen molar-refractivity contribution in [2.24, 2.45) is 5.92 Å². The second-order valence-electron chi connectivity index (χ2n) is 4.63. The minimum atomic E-state index is 0.716. The predicted molar refractivity (Wildman–Crippen MR) is 83.3 cm³/mol. The summed E-state index contributed by atoms with van der Waals surface area (Å²) < 4.78 is 6.17. The maximum absolute atomic E-state index is 5.04. The normalized spacial score (nSPS) is 11.2. The predicted octanol–water partition coefficient (Wildman–Crippen LogP) is 3.93. The summed E-state index contributed by atoms with van der Waals surface area (Å²) in [5, 5.41) is 3.40. The molecule has 2 nitrogen and oxygen atoms in total. The zero-order valence-electron chi connectivity index (χ0n) is 11.3.